The van der Waals surface area contributed by atoms with Gasteiger partial charge in [-0.25, -0.2) is 21.1 Å². The van der Waals surface area contributed by atoms with E-state index in [-0.39, 0.29) is 61.1 Å². The number of aliphatic hydroxyl groups is 1. The Morgan fingerprint density at radius 3 is 1.25 bits per heavy atom. The molecule has 5 aliphatic rings. The summed E-state index contributed by atoms with van der Waals surface area (Å²) in [5.41, 5.74) is 14.8. The van der Waals surface area contributed by atoms with Gasteiger partial charge < -0.3 is 14.6 Å². The lowest BCUT2D eigenvalue weighted by Crippen LogP contribution is -2.14. The molecule has 3 amide bonds. The molecule has 5 heterocycles. The van der Waals surface area contributed by atoms with Crippen LogP contribution >= 0.6 is 27.7 Å². The first-order chi connectivity index (χ1) is 35.0. The second kappa shape index (κ2) is 27.7. The van der Waals surface area contributed by atoms with Crippen LogP contribution in [-0.2, 0) is 43.0 Å². The number of esters is 2. The highest BCUT2D eigenvalue weighted by Gasteiger charge is 2.28. The van der Waals surface area contributed by atoms with E-state index >= 15 is 0 Å². The van der Waals surface area contributed by atoms with Gasteiger partial charge in [-0.05, 0) is 58.7 Å². The number of carbonyl (C=O) groups is 7. The fourth-order valence-corrected chi connectivity index (χ4v) is 7.68. The van der Waals surface area contributed by atoms with E-state index in [0.29, 0.717) is 33.5 Å². The maximum absolute atomic E-state index is 11.9. The number of hydrogen-bond acceptors (Lipinski definition) is 14. The van der Waals surface area contributed by atoms with E-state index in [1.165, 1.54) is 4.90 Å². The third-order valence-corrected chi connectivity index (χ3v) is 11.5. The van der Waals surface area contributed by atoms with E-state index in [1.54, 1.807) is 23.9 Å². The van der Waals surface area contributed by atoms with Crippen molar-refractivity contribution in [3.8, 4) is 0 Å². The highest BCUT2D eigenvalue weighted by molar-refractivity contribution is 9.09. The molecule has 0 saturated carbocycles. The molecular weight excluding hydrogens is 1000 g/mol. The van der Waals surface area contributed by atoms with Gasteiger partial charge in [0.15, 0.2) is 19.0 Å². The van der Waals surface area contributed by atoms with Gasteiger partial charge in [0, 0.05) is 16.0 Å². The number of thioether (sulfide) groups is 1. The number of ketones is 2. The van der Waals surface area contributed by atoms with Crippen LogP contribution in [0.1, 0.15) is 28.7 Å². The fraction of sp³-hybridized carbons (Fsp3) is 0.111. The van der Waals surface area contributed by atoms with Gasteiger partial charge in [-0.15, -0.1) is 11.8 Å². The van der Waals surface area contributed by atoms with Crippen LogP contribution in [0.4, 0.5) is 0 Å². The van der Waals surface area contributed by atoms with Gasteiger partial charge in [-0.2, -0.15) is 15.3 Å². The minimum Gasteiger partial charge on any atom is -0.457 e. The molecule has 5 aromatic carbocycles. The summed E-state index contributed by atoms with van der Waals surface area (Å²) in [6, 6.07) is 48.3. The summed E-state index contributed by atoms with van der Waals surface area (Å²) in [6.07, 6.45) is 6.95. The Morgan fingerprint density at radius 1 is 0.500 bits per heavy atom. The predicted octanol–water partition coefficient (Wildman–Crippen LogP) is 6.55. The Bertz CT molecular complexity index is 2880. The van der Waals surface area contributed by atoms with Gasteiger partial charge in [-0.3, -0.25) is 28.8 Å². The summed E-state index contributed by atoms with van der Waals surface area (Å²) in [5.74, 6) is -1.19. The summed E-state index contributed by atoms with van der Waals surface area (Å²) in [7, 11) is 0. The second-order valence-corrected chi connectivity index (χ2v) is 16.8. The lowest BCUT2D eigenvalue weighted by Gasteiger charge is -2.02. The molecule has 0 aromatic heterocycles. The molecular formula is C54H45BrN6O10S. The number of hydrogen-bond donors (Lipinski definition) is 4. The quantitative estimate of drug-likeness (QED) is 0.0309. The van der Waals surface area contributed by atoms with Crippen LogP contribution in [0.3, 0.4) is 0 Å². The maximum atomic E-state index is 11.9. The number of ether oxygens (including phenoxy) is 2. The van der Waals surface area contributed by atoms with E-state index in [2.05, 4.69) is 69.1 Å². The molecule has 10 rings (SSSR count). The van der Waals surface area contributed by atoms with E-state index in [0.717, 1.165) is 33.7 Å². The number of halogens is 1. The molecule has 16 nitrogen and oxygen atoms in total. The van der Waals surface area contributed by atoms with Crippen molar-refractivity contribution in [2.24, 2.45) is 15.3 Å². The van der Waals surface area contributed by atoms with Gasteiger partial charge in [0.25, 0.3) is 17.7 Å². The smallest absolute Gasteiger partial charge is 0.342 e. The number of cyclic esters (lactones) is 2. The molecule has 5 aliphatic heterocycles. The summed E-state index contributed by atoms with van der Waals surface area (Å²) in [4.78, 5) is 78.2. The Labute approximate surface area is 426 Å². The zero-order valence-corrected chi connectivity index (χ0v) is 40.6. The van der Waals surface area contributed by atoms with Crippen molar-refractivity contribution in [2.45, 2.75) is 11.3 Å². The molecule has 0 bridgehead atoms. The first kappa shape index (κ1) is 52.9. The van der Waals surface area contributed by atoms with Crippen LogP contribution in [0.5, 0.6) is 0 Å². The third-order valence-electron chi connectivity index (χ3n) is 9.97. The molecule has 2 saturated heterocycles. The van der Waals surface area contributed by atoms with Crippen molar-refractivity contribution < 1.29 is 48.1 Å². The molecule has 0 aliphatic carbocycles. The van der Waals surface area contributed by atoms with Gasteiger partial charge in [0.1, 0.15) is 12.0 Å². The fourth-order valence-electron chi connectivity index (χ4n) is 6.38. The topological polar surface area (TPSA) is 231 Å². The minimum atomic E-state index is -0.529. The largest absolute Gasteiger partial charge is 0.457 e. The number of amides is 3. The normalized spacial score (nSPS) is 17.6. The molecule has 364 valence electrons. The highest BCUT2D eigenvalue weighted by atomic mass is 79.9. The first-order valence-corrected chi connectivity index (χ1v) is 24.0. The molecule has 4 N–H and O–H groups in total. The van der Waals surface area contributed by atoms with E-state index in [1.807, 2.05) is 152 Å². The van der Waals surface area contributed by atoms with Crippen molar-refractivity contribution in [3.05, 3.63) is 196 Å². The lowest BCUT2D eigenvalue weighted by molar-refractivity contribution is -0.138. The second-order valence-electron chi connectivity index (χ2n) is 15.1. The van der Waals surface area contributed by atoms with Crippen molar-refractivity contribution in [2.75, 3.05) is 30.9 Å². The Kier molecular flexibility index (Phi) is 20.3. The number of rotatable bonds is 9. The van der Waals surface area contributed by atoms with Crippen molar-refractivity contribution >= 4 is 110 Å². The Balaban J connectivity index is 0.000000152. The molecule has 72 heavy (non-hydrogen) atoms. The van der Waals surface area contributed by atoms with Crippen molar-refractivity contribution in [1.82, 2.24) is 16.3 Å². The SMILES string of the molecule is O=C1COC(=O)C1.O=C1COC(=O)C1=Cc1ccccc1.O=C1NN=C(CBr)C1=Cc1ccccc1.O=C1NN=C(CO)C1=Cc1ccccc1.O=C1NN=C(CSc2ccccc2)C1=Cc1ccccc1. The van der Waals surface area contributed by atoms with Crippen LogP contribution in [0.2, 0.25) is 0 Å². The summed E-state index contributed by atoms with van der Waals surface area (Å²) in [6.45, 7) is -0.381. The standard InChI is InChI=1S/C17H14N2OS.C11H9BrN2O.C11H10N2O2.C11H8O3.C4H4O3/c20-17-15(11-13-7-3-1-4-8-13)16(18-19-17)12-21-14-9-5-2-6-10-14;12-7-10-9(11(15)14-13-10)6-8-4-2-1-3-5-8;14-7-10-9(11(15)13-12-10)6-8-4-2-1-3-5-8;12-10-7-14-11(13)9(10)6-8-4-2-1-3-5-8;5-3-1-4(6)7-2-3/h1-11H,12H2,(H,19,20);1-6H,7H2,(H,14,15);1-6,14H,7H2,(H,13,15);1-6H,7H2;1-2H2. The average Bonchev–Trinajstić information content (AvgIpc) is 4.24. The van der Waals surface area contributed by atoms with Crippen LogP contribution in [0, 0.1) is 0 Å². The molecule has 0 spiro atoms. The number of benzene rings is 5. The van der Waals surface area contributed by atoms with Crippen molar-refractivity contribution in [1.29, 1.82) is 0 Å². The highest BCUT2D eigenvalue weighted by Crippen LogP contribution is 2.22. The van der Waals surface area contributed by atoms with E-state index in [9.17, 15) is 33.6 Å². The van der Waals surface area contributed by atoms with Crippen LogP contribution in [0.15, 0.2) is 194 Å². The molecule has 0 radical (unpaired) electrons. The number of nitrogens with one attached hydrogen (secondary N) is 3. The monoisotopic (exact) mass is 1050 g/mol. The Morgan fingerprint density at radius 2 is 0.889 bits per heavy atom. The van der Waals surface area contributed by atoms with Crippen LogP contribution in [-0.4, -0.2) is 94.4 Å². The van der Waals surface area contributed by atoms with E-state index in [4.69, 9.17) is 5.11 Å². The average molecular weight is 1050 g/mol. The van der Waals surface area contributed by atoms with Crippen molar-refractivity contribution in [3.63, 3.8) is 0 Å². The summed E-state index contributed by atoms with van der Waals surface area (Å²) >= 11 is 4.96. The van der Waals surface area contributed by atoms with Crippen LogP contribution in [0.25, 0.3) is 24.3 Å². The zero-order chi connectivity index (χ0) is 51.1. The van der Waals surface area contributed by atoms with Gasteiger partial charge >= 0.3 is 11.9 Å². The summed E-state index contributed by atoms with van der Waals surface area (Å²) < 4.78 is 8.87. The van der Waals surface area contributed by atoms with Crippen LogP contribution < -0.4 is 16.3 Å². The van der Waals surface area contributed by atoms with Gasteiger partial charge in [0.05, 0.1) is 40.5 Å². The molecule has 2 fully saturated rings. The Hall–Kier alpha value is -8.45. The summed E-state index contributed by atoms with van der Waals surface area (Å²) in [5, 5.41) is 21.3. The molecule has 0 unspecified atom stereocenters. The van der Waals surface area contributed by atoms with E-state index < -0.39 is 11.9 Å². The molecule has 0 atom stereocenters. The maximum Gasteiger partial charge on any atom is 0.342 e. The minimum absolute atomic E-state index is 0.0150. The molecule has 5 aromatic rings. The predicted molar refractivity (Wildman–Crippen MR) is 279 cm³/mol. The number of alkyl halides is 1. The van der Waals surface area contributed by atoms with Gasteiger partial charge in [-0.1, -0.05) is 155 Å². The number of aliphatic hydroxyl groups excluding tert-OH is 1. The number of carbonyl (C=O) groups excluding carboxylic acids is 7. The third kappa shape index (κ3) is 16.3. The first-order valence-electron chi connectivity index (χ1n) is 21.9. The number of nitrogens with zero attached hydrogens (tertiary/aromatic N) is 3. The zero-order valence-electron chi connectivity index (χ0n) is 38.2. The lowest BCUT2D eigenvalue weighted by atomic mass is 10.1. The number of Topliss-reactive ketones (excluding diaryl/α,β-unsaturated/α-hetero) is 2. The molecule has 18 heteroatoms. The van der Waals surface area contributed by atoms with Gasteiger partial charge in [0.2, 0.25) is 5.78 Å². The number of hydrazone groups is 3.